The highest BCUT2D eigenvalue weighted by Crippen LogP contribution is 2.35. The summed E-state index contributed by atoms with van der Waals surface area (Å²) >= 11 is 7.07. The molecule has 1 aromatic heterocycles. The lowest BCUT2D eigenvalue weighted by atomic mass is 10.2. The van der Waals surface area contributed by atoms with E-state index >= 15 is 0 Å². The van der Waals surface area contributed by atoms with Gasteiger partial charge in [0, 0.05) is 18.3 Å². The summed E-state index contributed by atoms with van der Waals surface area (Å²) < 4.78 is 13.6. The van der Waals surface area contributed by atoms with Crippen molar-refractivity contribution in [2.75, 3.05) is 12.4 Å². The van der Waals surface area contributed by atoms with Gasteiger partial charge in [-0.2, -0.15) is 0 Å². The molecule has 1 aromatic carbocycles. The van der Waals surface area contributed by atoms with Gasteiger partial charge in [0.05, 0.1) is 0 Å². The Morgan fingerprint density at radius 3 is 3.00 bits per heavy atom. The van der Waals surface area contributed by atoms with E-state index in [4.69, 9.17) is 21.1 Å². The van der Waals surface area contributed by atoms with E-state index in [1.807, 2.05) is 42.0 Å². The van der Waals surface area contributed by atoms with Crippen molar-refractivity contribution in [1.82, 2.24) is 14.8 Å². The second kappa shape index (κ2) is 6.41. The highest BCUT2D eigenvalue weighted by Gasteiger charge is 2.27. The summed E-state index contributed by atoms with van der Waals surface area (Å²) in [4.78, 5) is 0. The van der Waals surface area contributed by atoms with Crippen molar-refractivity contribution in [3.63, 3.8) is 0 Å². The van der Waals surface area contributed by atoms with Crippen LogP contribution in [0.15, 0.2) is 41.0 Å². The molecule has 5 nitrogen and oxygen atoms in total. The van der Waals surface area contributed by atoms with E-state index in [0.717, 1.165) is 28.2 Å². The number of rotatable bonds is 4. The summed E-state index contributed by atoms with van der Waals surface area (Å²) in [5, 5.41) is 9.22. The summed E-state index contributed by atoms with van der Waals surface area (Å²) in [6.07, 6.45) is 1.60. The molecule has 0 fully saturated rings. The second-order valence-corrected chi connectivity index (χ2v) is 5.68. The molecule has 1 unspecified atom stereocenters. The Bertz CT molecular complexity index is 659. The van der Waals surface area contributed by atoms with Gasteiger partial charge in [0.1, 0.15) is 6.61 Å². The van der Waals surface area contributed by atoms with E-state index in [-0.39, 0.29) is 6.10 Å². The first-order valence-electron chi connectivity index (χ1n) is 6.45. The van der Waals surface area contributed by atoms with Gasteiger partial charge in [-0.3, -0.25) is 0 Å². The predicted octanol–water partition coefficient (Wildman–Crippen LogP) is 3.17. The average Bonchev–Trinajstić information content (AvgIpc) is 2.88. The Morgan fingerprint density at radius 1 is 1.38 bits per heavy atom. The molecule has 0 radical (unpaired) electrons. The lowest BCUT2D eigenvalue weighted by Gasteiger charge is -2.25. The molecule has 0 saturated carbocycles. The minimum Gasteiger partial charge on any atom is -0.485 e. The molecule has 0 amide bonds. The molecule has 3 rings (SSSR count). The van der Waals surface area contributed by atoms with Crippen LogP contribution >= 0.6 is 23.4 Å². The third-order valence-corrected chi connectivity index (χ3v) is 4.21. The molecule has 0 N–H and O–H groups in total. The van der Waals surface area contributed by atoms with Crippen LogP contribution in [0.3, 0.4) is 0 Å². The van der Waals surface area contributed by atoms with Crippen molar-refractivity contribution < 1.29 is 9.47 Å². The SMILES string of the molecule is Cn1c(SCC=CCl)nnc1C1COc2ccccc2O1. The number of aromatic nitrogens is 3. The summed E-state index contributed by atoms with van der Waals surface area (Å²) in [6, 6.07) is 7.62. The van der Waals surface area contributed by atoms with Crippen LogP contribution in [0.2, 0.25) is 0 Å². The number of para-hydroxylation sites is 2. The number of hydrogen-bond donors (Lipinski definition) is 0. The zero-order valence-electron chi connectivity index (χ0n) is 11.4. The van der Waals surface area contributed by atoms with Gasteiger partial charge in [-0.1, -0.05) is 41.6 Å². The van der Waals surface area contributed by atoms with Crippen molar-refractivity contribution in [3.05, 3.63) is 41.7 Å². The van der Waals surface area contributed by atoms with Gasteiger partial charge in [-0.05, 0) is 12.1 Å². The Kier molecular flexibility index (Phi) is 4.36. The maximum absolute atomic E-state index is 5.95. The van der Waals surface area contributed by atoms with Crippen LogP contribution in [0.4, 0.5) is 0 Å². The quantitative estimate of drug-likeness (QED) is 0.809. The zero-order chi connectivity index (χ0) is 14.7. The fourth-order valence-corrected chi connectivity index (χ4v) is 2.96. The molecular formula is C14H14ClN3O2S. The van der Waals surface area contributed by atoms with Gasteiger partial charge in [-0.25, -0.2) is 0 Å². The molecule has 2 aromatic rings. The smallest absolute Gasteiger partial charge is 0.192 e. The third kappa shape index (κ3) is 3.01. The molecule has 7 heteroatoms. The topological polar surface area (TPSA) is 49.2 Å². The van der Waals surface area contributed by atoms with E-state index < -0.39 is 0 Å². The second-order valence-electron chi connectivity index (χ2n) is 4.44. The Morgan fingerprint density at radius 2 is 2.19 bits per heavy atom. The molecule has 1 aliphatic rings. The average molecular weight is 324 g/mol. The van der Waals surface area contributed by atoms with E-state index in [9.17, 15) is 0 Å². The maximum atomic E-state index is 5.95. The molecular weight excluding hydrogens is 310 g/mol. The fraction of sp³-hybridized carbons (Fsp3) is 0.286. The molecule has 21 heavy (non-hydrogen) atoms. The minimum atomic E-state index is -0.254. The first-order valence-corrected chi connectivity index (χ1v) is 7.87. The number of ether oxygens (including phenoxy) is 2. The highest BCUT2D eigenvalue weighted by molar-refractivity contribution is 7.99. The van der Waals surface area contributed by atoms with Crippen LogP contribution in [-0.2, 0) is 7.05 Å². The molecule has 0 spiro atoms. The lowest BCUT2D eigenvalue weighted by molar-refractivity contribution is 0.0825. The monoisotopic (exact) mass is 323 g/mol. The van der Waals surface area contributed by atoms with Crippen molar-refractivity contribution in [2.24, 2.45) is 7.05 Å². The van der Waals surface area contributed by atoms with Crippen molar-refractivity contribution in [1.29, 1.82) is 0 Å². The number of halogens is 1. The van der Waals surface area contributed by atoms with Crippen LogP contribution in [-0.4, -0.2) is 27.1 Å². The van der Waals surface area contributed by atoms with Crippen LogP contribution < -0.4 is 9.47 Å². The van der Waals surface area contributed by atoms with E-state index in [0.29, 0.717) is 6.61 Å². The van der Waals surface area contributed by atoms with Gasteiger partial charge < -0.3 is 14.0 Å². The highest BCUT2D eigenvalue weighted by atomic mass is 35.5. The fourth-order valence-electron chi connectivity index (χ4n) is 2.04. The van der Waals surface area contributed by atoms with E-state index in [2.05, 4.69) is 10.2 Å². The number of benzene rings is 1. The summed E-state index contributed by atoms with van der Waals surface area (Å²) in [5.41, 5.74) is 1.50. The Labute approximate surface area is 131 Å². The van der Waals surface area contributed by atoms with Gasteiger partial charge in [-0.15, -0.1) is 10.2 Å². The predicted molar refractivity (Wildman–Crippen MR) is 82.0 cm³/mol. The van der Waals surface area contributed by atoms with Crippen molar-refractivity contribution >= 4 is 23.4 Å². The number of nitrogens with zero attached hydrogens (tertiary/aromatic N) is 3. The first-order chi connectivity index (χ1) is 10.3. The molecule has 1 atom stereocenters. The standard InChI is InChI=1S/C14H14ClN3O2S/c1-18-13(16-17-14(18)21-8-4-7-15)12-9-19-10-5-2-3-6-11(10)20-12/h2-7,12H,8-9H2,1H3. The molecule has 1 aliphatic heterocycles. The Hall–Kier alpha value is -1.66. The third-order valence-electron chi connectivity index (χ3n) is 3.06. The van der Waals surface area contributed by atoms with Gasteiger partial charge in [0.25, 0.3) is 0 Å². The van der Waals surface area contributed by atoms with Crippen LogP contribution in [0, 0.1) is 0 Å². The largest absolute Gasteiger partial charge is 0.485 e. The first kappa shape index (κ1) is 14.3. The van der Waals surface area contributed by atoms with Crippen molar-refractivity contribution in [2.45, 2.75) is 11.3 Å². The number of thioether (sulfide) groups is 1. The number of hydrogen-bond acceptors (Lipinski definition) is 5. The molecule has 110 valence electrons. The molecule has 0 saturated heterocycles. The van der Waals surface area contributed by atoms with Gasteiger partial charge in [0.2, 0.25) is 0 Å². The number of fused-ring (bicyclic) bond motifs is 1. The van der Waals surface area contributed by atoms with Gasteiger partial charge >= 0.3 is 0 Å². The van der Waals surface area contributed by atoms with Gasteiger partial charge in [0.15, 0.2) is 28.6 Å². The van der Waals surface area contributed by atoms with E-state index in [1.165, 1.54) is 5.54 Å². The summed E-state index contributed by atoms with van der Waals surface area (Å²) in [7, 11) is 1.92. The van der Waals surface area contributed by atoms with Crippen LogP contribution in [0.5, 0.6) is 11.5 Å². The summed E-state index contributed by atoms with van der Waals surface area (Å²) in [6.45, 7) is 0.426. The van der Waals surface area contributed by atoms with Crippen LogP contribution in [0.1, 0.15) is 11.9 Å². The molecule has 0 bridgehead atoms. The molecule has 0 aliphatic carbocycles. The maximum Gasteiger partial charge on any atom is 0.192 e. The lowest BCUT2D eigenvalue weighted by Crippen LogP contribution is -2.24. The molecule has 2 heterocycles. The Balaban J connectivity index is 1.76. The normalized spacial score (nSPS) is 17.3. The van der Waals surface area contributed by atoms with Crippen LogP contribution in [0.25, 0.3) is 0 Å². The van der Waals surface area contributed by atoms with E-state index in [1.54, 1.807) is 11.8 Å². The summed E-state index contributed by atoms with van der Waals surface area (Å²) in [5.74, 6) is 3.00. The van der Waals surface area contributed by atoms with Crippen molar-refractivity contribution in [3.8, 4) is 11.5 Å². The zero-order valence-corrected chi connectivity index (χ0v) is 13.0. The minimum absolute atomic E-state index is 0.254.